The summed E-state index contributed by atoms with van der Waals surface area (Å²) < 4.78 is 42.1. The Hall–Kier alpha value is -4.13. The standard InChI is InChI=1S/C69H113N3O19/c1-17-20-31-85-58(81)44(36(4)5)70-56(79)52-48(75)47(74)51(78)61(89-52)91-54-50(77)49(76)53(57(80)71-45(37(6)7)59(82)86-32-21-18-2)90-62(54)88-43-24-25-67(14)42(64(43,10)11)23-26-69(16)55(67)41(73)34-39-40-35-66(13,28-27-65(40,12)29-30-68(39,69)15)63(84)72-46(38(8)9)60(83)87-33-22-19-3/h34,36-38,40,42-55,61-62,74-78H,17-33,35H2,1-16H3,(H,70,79)(H,71,80)(H,72,84)/t40-,42-,43-,44-,45+,46-,47-,48-,49-,50-,51+,52-,53-,54+,55+,61-,62+,65+,66-,67-,68+,69+/m0/s1. The molecule has 2 saturated heterocycles. The first kappa shape index (κ1) is 74.3. The first-order valence-electron chi connectivity index (χ1n) is 34.2. The molecule has 2 heterocycles. The first-order valence-corrected chi connectivity index (χ1v) is 34.2. The van der Waals surface area contributed by atoms with Gasteiger partial charge in [-0.25, -0.2) is 14.4 Å². The Morgan fingerprint density at radius 1 is 0.571 bits per heavy atom. The smallest absolute Gasteiger partial charge is 0.328 e. The molecule has 0 spiro atoms. The predicted molar refractivity (Wildman–Crippen MR) is 334 cm³/mol. The Morgan fingerprint density at radius 2 is 1.04 bits per heavy atom. The number of ether oxygens (including phenoxy) is 7. The monoisotopic (exact) mass is 1290 g/mol. The molecule has 0 aromatic rings. The SMILES string of the molecule is CCCCOC(=O)[C@@H](NC(=O)[C@H]1O[C@@H](O[C@H]2[C@H](O[C@H]3CC[C@]4(C)[C@H]5C(=O)C=C6[C@@H]7C[C@@](C)(C(=O)N[C@H](C(=O)OCCCC)C(C)C)CC[C@]7(C)CC[C@@]6(C)[C@]5(C)CC[C@H]4C3(C)C)O[C@H](C(=O)N[C@@H](C(=O)OCCCC)C(C)C)[C@@H](O)[C@@H]2O)[C@H](O)[C@@H](O)[C@@H]1O)C(C)C. The van der Waals surface area contributed by atoms with E-state index in [0.717, 1.165) is 50.5 Å². The number of allylic oxidation sites excluding steroid dienone is 2. The summed E-state index contributed by atoms with van der Waals surface area (Å²) in [5.74, 6) is -5.88. The van der Waals surface area contributed by atoms with Crippen LogP contribution in [-0.2, 0) is 66.7 Å². The second-order valence-corrected chi connectivity index (χ2v) is 30.9. The molecule has 8 N–H and O–H groups in total. The molecule has 0 radical (unpaired) electrons. The lowest BCUT2D eigenvalue weighted by molar-refractivity contribution is -0.369. The average molecular weight is 1290 g/mol. The summed E-state index contributed by atoms with van der Waals surface area (Å²) in [5.41, 5.74) is -2.17. The molecule has 0 unspecified atom stereocenters. The largest absolute Gasteiger partial charge is 0.464 e. The van der Waals surface area contributed by atoms with E-state index >= 15 is 4.79 Å². The van der Waals surface area contributed by atoms with Crippen LogP contribution in [0, 0.1) is 68.0 Å². The van der Waals surface area contributed by atoms with Crippen molar-refractivity contribution in [1.82, 2.24) is 16.0 Å². The Morgan fingerprint density at radius 3 is 1.54 bits per heavy atom. The van der Waals surface area contributed by atoms with Gasteiger partial charge in [0.2, 0.25) is 5.91 Å². The van der Waals surface area contributed by atoms with Gasteiger partial charge in [0, 0.05) is 11.3 Å². The second kappa shape index (κ2) is 29.5. The van der Waals surface area contributed by atoms with Crippen molar-refractivity contribution in [3.63, 3.8) is 0 Å². The van der Waals surface area contributed by atoms with Crippen molar-refractivity contribution in [3.05, 3.63) is 11.6 Å². The van der Waals surface area contributed by atoms with E-state index < -0.39 is 160 Å². The average Bonchev–Trinajstić information content (AvgIpc) is 0.678. The normalized spacial score (nSPS) is 38.8. The molecule has 518 valence electrons. The Balaban J connectivity index is 1.17. The number of ketones is 1. The summed E-state index contributed by atoms with van der Waals surface area (Å²) in [6.07, 6.45) is -8.51. The Bertz CT molecular complexity index is 2630. The van der Waals surface area contributed by atoms with Crippen LogP contribution in [0.5, 0.6) is 0 Å². The zero-order valence-electron chi connectivity index (χ0n) is 57.3. The molecule has 6 fully saturated rings. The van der Waals surface area contributed by atoms with Gasteiger partial charge in [0.25, 0.3) is 11.8 Å². The Kier molecular flexibility index (Phi) is 24.1. The lowest BCUT2D eigenvalue weighted by atomic mass is 9.33. The van der Waals surface area contributed by atoms with Crippen molar-refractivity contribution < 1.29 is 92.3 Å². The molecule has 22 heteroatoms. The van der Waals surface area contributed by atoms with Crippen LogP contribution in [0.1, 0.15) is 207 Å². The van der Waals surface area contributed by atoms with Crippen LogP contribution in [0.3, 0.4) is 0 Å². The minimum atomic E-state index is -2.09. The van der Waals surface area contributed by atoms with E-state index in [1.165, 1.54) is 0 Å². The number of rotatable bonds is 25. The third-order valence-electron chi connectivity index (χ3n) is 23.2. The van der Waals surface area contributed by atoms with Gasteiger partial charge in [0.05, 0.1) is 25.9 Å². The van der Waals surface area contributed by atoms with E-state index in [4.69, 9.17) is 33.2 Å². The summed E-state index contributed by atoms with van der Waals surface area (Å²) in [7, 11) is 0. The van der Waals surface area contributed by atoms with Gasteiger partial charge in [-0.15, -0.1) is 0 Å². The molecule has 7 rings (SSSR count). The van der Waals surface area contributed by atoms with Crippen molar-refractivity contribution in [2.45, 2.75) is 293 Å². The Labute approximate surface area is 539 Å². The summed E-state index contributed by atoms with van der Waals surface area (Å²) in [5, 5.41) is 66.5. The van der Waals surface area contributed by atoms with Crippen LogP contribution in [0.4, 0.5) is 0 Å². The van der Waals surface area contributed by atoms with Gasteiger partial charge in [0.15, 0.2) is 30.6 Å². The third-order valence-corrected chi connectivity index (χ3v) is 23.2. The molecule has 2 aliphatic heterocycles. The van der Waals surface area contributed by atoms with Crippen molar-refractivity contribution in [2.75, 3.05) is 19.8 Å². The number of fused-ring (bicyclic) bond motifs is 7. The topological polar surface area (TPSA) is 321 Å². The second-order valence-electron chi connectivity index (χ2n) is 30.9. The maximum atomic E-state index is 15.6. The molecule has 0 aromatic carbocycles. The van der Waals surface area contributed by atoms with Crippen LogP contribution in [-0.4, -0.2) is 172 Å². The number of esters is 3. The zero-order valence-corrected chi connectivity index (χ0v) is 57.3. The number of unbranched alkanes of at least 4 members (excludes halogenated alkanes) is 3. The van der Waals surface area contributed by atoms with Gasteiger partial charge in [-0.2, -0.15) is 0 Å². The zero-order chi connectivity index (χ0) is 67.7. The van der Waals surface area contributed by atoms with E-state index in [9.17, 15) is 54.3 Å². The fourth-order valence-electron chi connectivity index (χ4n) is 16.9. The van der Waals surface area contributed by atoms with E-state index in [-0.39, 0.29) is 48.1 Å². The van der Waals surface area contributed by atoms with Crippen molar-refractivity contribution in [1.29, 1.82) is 0 Å². The molecular formula is C69H113N3O19. The van der Waals surface area contributed by atoms with Gasteiger partial charge >= 0.3 is 17.9 Å². The van der Waals surface area contributed by atoms with Crippen molar-refractivity contribution in [2.24, 2.45) is 68.0 Å². The number of aliphatic hydroxyl groups is 5. The van der Waals surface area contributed by atoms with E-state index in [1.54, 1.807) is 27.7 Å². The molecule has 4 saturated carbocycles. The highest BCUT2D eigenvalue weighted by molar-refractivity contribution is 5.96. The fraction of sp³-hybridized carbons (Fsp3) is 0.870. The molecule has 0 bridgehead atoms. The quantitative estimate of drug-likeness (QED) is 0.0211. The minimum absolute atomic E-state index is 0.0500. The van der Waals surface area contributed by atoms with Gasteiger partial charge in [-0.3, -0.25) is 19.2 Å². The summed E-state index contributed by atoms with van der Waals surface area (Å²) in [6.45, 7) is 32.2. The number of hydrogen-bond acceptors (Lipinski definition) is 19. The predicted octanol–water partition coefficient (Wildman–Crippen LogP) is 6.44. The molecule has 22 nitrogen and oxygen atoms in total. The van der Waals surface area contributed by atoms with Crippen LogP contribution < -0.4 is 16.0 Å². The van der Waals surface area contributed by atoms with Gasteiger partial charge < -0.3 is 74.6 Å². The number of carbonyl (C=O) groups is 7. The maximum absolute atomic E-state index is 15.6. The minimum Gasteiger partial charge on any atom is -0.464 e. The lowest BCUT2D eigenvalue weighted by Gasteiger charge is -2.70. The van der Waals surface area contributed by atoms with E-state index in [0.29, 0.717) is 58.0 Å². The summed E-state index contributed by atoms with van der Waals surface area (Å²) >= 11 is 0. The molecule has 3 amide bonds. The van der Waals surface area contributed by atoms with Crippen LogP contribution >= 0.6 is 0 Å². The van der Waals surface area contributed by atoms with Gasteiger partial charge in [-0.05, 0) is 140 Å². The molecule has 0 aromatic heterocycles. The summed E-state index contributed by atoms with van der Waals surface area (Å²) in [6, 6.07) is -3.19. The molecule has 5 aliphatic carbocycles. The fourth-order valence-corrected chi connectivity index (χ4v) is 16.9. The highest BCUT2D eigenvalue weighted by Gasteiger charge is 2.71. The molecule has 91 heavy (non-hydrogen) atoms. The number of hydrogen-bond donors (Lipinski definition) is 8. The van der Waals surface area contributed by atoms with Crippen LogP contribution in [0.2, 0.25) is 0 Å². The number of carbonyl (C=O) groups excluding carboxylic acids is 7. The van der Waals surface area contributed by atoms with Crippen LogP contribution in [0.15, 0.2) is 11.6 Å². The van der Waals surface area contributed by atoms with Crippen LogP contribution in [0.25, 0.3) is 0 Å². The third kappa shape index (κ3) is 14.7. The van der Waals surface area contributed by atoms with E-state index in [1.807, 2.05) is 47.6 Å². The first-order chi connectivity index (χ1) is 42.5. The number of aliphatic hydroxyl groups excluding tert-OH is 5. The van der Waals surface area contributed by atoms with E-state index in [2.05, 4.69) is 57.5 Å². The van der Waals surface area contributed by atoms with Gasteiger partial charge in [-0.1, -0.05) is 136 Å². The van der Waals surface area contributed by atoms with Crippen molar-refractivity contribution >= 4 is 41.4 Å². The number of amides is 3. The highest BCUT2D eigenvalue weighted by Crippen LogP contribution is 2.75. The summed E-state index contributed by atoms with van der Waals surface area (Å²) in [4.78, 5) is 98.5. The number of nitrogens with one attached hydrogen (secondary N) is 3. The maximum Gasteiger partial charge on any atom is 0.328 e. The highest BCUT2D eigenvalue weighted by atomic mass is 16.8. The van der Waals surface area contributed by atoms with Crippen molar-refractivity contribution in [3.8, 4) is 0 Å². The van der Waals surface area contributed by atoms with Gasteiger partial charge in [0.1, 0.15) is 54.7 Å². The molecule has 22 atom stereocenters. The molecular weight excluding hydrogens is 1170 g/mol. The molecule has 7 aliphatic rings. The lowest BCUT2D eigenvalue weighted by Crippen LogP contribution is -2.69.